The summed E-state index contributed by atoms with van der Waals surface area (Å²) in [6, 6.07) is 11.4. The maximum absolute atomic E-state index is 12.1. The molecule has 3 rings (SSSR count). The molecule has 0 fully saturated rings. The lowest BCUT2D eigenvalue weighted by Crippen LogP contribution is -2.46. The highest BCUT2D eigenvalue weighted by atomic mass is 32.2. The van der Waals surface area contributed by atoms with Gasteiger partial charge in [-0.25, -0.2) is 8.42 Å². The van der Waals surface area contributed by atoms with Gasteiger partial charge >= 0.3 is 0 Å². The number of carbonyl (C=O) groups excluding carboxylic acids is 2. The monoisotopic (exact) mass is 344 g/mol. The van der Waals surface area contributed by atoms with Crippen LogP contribution in [0, 0.1) is 0 Å². The van der Waals surface area contributed by atoms with E-state index in [9.17, 15) is 18.0 Å². The molecule has 0 saturated heterocycles. The van der Waals surface area contributed by atoms with Gasteiger partial charge in [0, 0.05) is 6.26 Å². The van der Waals surface area contributed by atoms with E-state index < -0.39 is 27.0 Å². The van der Waals surface area contributed by atoms with Crippen molar-refractivity contribution in [1.29, 1.82) is 0 Å². The topological polar surface area (TPSA) is 77.5 Å². The normalized spacial score (nSPS) is 16.5. The van der Waals surface area contributed by atoms with Crippen molar-refractivity contribution in [2.75, 3.05) is 6.26 Å². The molecule has 0 spiro atoms. The van der Waals surface area contributed by atoms with Crippen molar-refractivity contribution in [2.24, 2.45) is 0 Å². The summed E-state index contributed by atoms with van der Waals surface area (Å²) in [5, 5.41) is 0. The van der Waals surface area contributed by atoms with Crippen LogP contribution in [0.2, 0.25) is 0 Å². The highest BCUT2D eigenvalue weighted by Crippen LogP contribution is 2.34. The number of carbonyl (C=O) groups is 2. The molecule has 1 heterocycles. The smallest absolute Gasteiger partial charge is 0.246 e. The Bertz CT molecular complexity index is 953. The number of sulfone groups is 1. The summed E-state index contributed by atoms with van der Waals surface area (Å²) in [5.74, 6) is -0.769. The van der Waals surface area contributed by atoms with Crippen molar-refractivity contribution in [3.63, 3.8) is 0 Å². The third-order valence-electron chi connectivity index (χ3n) is 3.96. The standard InChI is InChI=1S/C18H16O5S/c1-18(2)17(20)16(19)14-9-6-12(10-15(14)23-18)11-4-7-13(8-5-11)24(3,21)22/h4-10H,1-3H3. The maximum Gasteiger partial charge on any atom is 0.246 e. The van der Waals surface area contributed by atoms with Gasteiger partial charge in [-0.1, -0.05) is 18.2 Å². The van der Waals surface area contributed by atoms with Crippen LogP contribution in [-0.2, 0) is 14.6 Å². The zero-order valence-corrected chi connectivity index (χ0v) is 14.3. The summed E-state index contributed by atoms with van der Waals surface area (Å²) in [5.41, 5.74) is 0.613. The minimum atomic E-state index is -3.25. The Morgan fingerprint density at radius 1 is 0.917 bits per heavy atom. The van der Waals surface area contributed by atoms with Gasteiger partial charge in [-0.3, -0.25) is 9.59 Å². The second-order valence-corrected chi connectivity index (χ2v) is 8.29. The molecule has 0 radical (unpaired) electrons. The Labute approximate surface area is 140 Å². The summed E-state index contributed by atoms with van der Waals surface area (Å²) >= 11 is 0. The predicted molar refractivity (Wildman–Crippen MR) is 89.0 cm³/mol. The average molecular weight is 344 g/mol. The van der Waals surface area contributed by atoms with Gasteiger partial charge in [0.1, 0.15) is 5.75 Å². The van der Waals surface area contributed by atoms with Crippen LogP contribution in [0.3, 0.4) is 0 Å². The van der Waals surface area contributed by atoms with Crippen LogP contribution >= 0.6 is 0 Å². The summed E-state index contributed by atoms with van der Waals surface area (Å²) in [7, 11) is -3.25. The van der Waals surface area contributed by atoms with E-state index in [1.165, 1.54) is 12.1 Å². The highest BCUT2D eigenvalue weighted by molar-refractivity contribution is 7.90. The fourth-order valence-corrected chi connectivity index (χ4v) is 3.22. The largest absolute Gasteiger partial charge is 0.479 e. The number of hydrogen-bond acceptors (Lipinski definition) is 5. The molecule has 24 heavy (non-hydrogen) atoms. The molecule has 0 amide bonds. The van der Waals surface area contributed by atoms with Crippen LogP contribution in [0.1, 0.15) is 24.2 Å². The second-order valence-electron chi connectivity index (χ2n) is 6.28. The molecular weight excluding hydrogens is 328 g/mol. The molecule has 6 heteroatoms. The van der Waals surface area contributed by atoms with E-state index in [1.54, 1.807) is 44.2 Å². The van der Waals surface area contributed by atoms with Crippen molar-refractivity contribution in [1.82, 2.24) is 0 Å². The van der Waals surface area contributed by atoms with Crippen LogP contribution < -0.4 is 4.74 Å². The fraction of sp³-hybridized carbons (Fsp3) is 0.222. The van der Waals surface area contributed by atoms with Crippen molar-refractivity contribution in [3.8, 4) is 16.9 Å². The number of benzene rings is 2. The van der Waals surface area contributed by atoms with Gasteiger partial charge in [-0.2, -0.15) is 0 Å². The first-order valence-electron chi connectivity index (χ1n) is 7.32. The van der Waals surface area contributed by atoms with Crippen molar-refractivity contribution >= 4 is 21.4 Å². The molecule has 0 unspecified atom stereocenters. The molecule has 2 aromatic rings. The fourth-order valence-electron chi connectivity index (χ4n) is 2.59. The van der Waals surface area contributed by atoms with Gasteiger partial charge in [-0.15, -0.1) is 0 Å². The number of rotatable bonds is 2. The van der Waals surface area contributed by atoms with E-state index in [4.69, 9.17) is 4.74 Å². The minimum absolute atomic E-state index is 0.238. The Balaban J connectivity index is 2.04. The van der Waals surface area contributed by atoms with E-state index in [0.29, 0.717) is 5.75 Å². The molecule has 1 aliphatic rings. The van der Waals surface area contributed by atoms with Gasteiger partial charge in [0.2, 0.25) is 11.6 Å². The van der Waals surface area contributed by atoms with Gasteiger partial charge in [-0.05, 0) is 49.2 Å². The third kappa shape index (κ3) is 2.73. The molecule has 1 aliphatic heterocycles. The predicted octanol–water partition coefficient (Wildman–Crippen LogP) is 2.68. The summed E-state index contributed by atoms with van der Waals surface area (Å²) < 4.78 is 28.7. The maximum atomic E-state index is 12.1. The molecule has 2 aromatic carbocycles. The van der Waals surface area contributed by atoms with Crippen LogP contribution in [0.15, 0.2) is 47.4 Å². The molecule has 0 N–H and O–H groups in total. The molecule has 0 aromatic heterocycles. The molecule has 0 atom stereocenters. The zero-order valence-electron chi connectivity index (χ0n) is 13.5. The van der Waals surface area contributed by atoms with Crippen LogP contribution in [-0.4, -0.2) is 31.8 Å². The van der Waals surface area contributed by atoms with Crippen LogP contribution in [0.4, 0.5) is 0 Å². The van der Waals surface area contributed by atoms with Crippen molar-refractivity contribution in [3.05, 3.63) is 48.0 Å². The number of ketones is 2. The first kappa shape index (κ1) is 16.4. The van der Waals surface area contributed by atoms with Crippen LogP contribution in [0.5, 0.6) is 5.75 Å². The lowest BCUT2D eigenvalue weighted by Gasteiger charge is -2.30. The van der Waals surface area contributed by atoms with Gasteiger partial charge in [0.25, 0.3) is 0 Å². The molecule has 0 saturated carbocycles. The molecule has 5 nitrogen and oxygen atoms in total. The van der Waals surface area contributed by atoms with Crippen molar-refractivity contribution in [2.45, 2.75) is 24.3 Å². The number of hydrogen-bond donors (Lipinski definition) is 0. The summed E-state index contributed by atoms with van der Waals surface area (Å²) in [4.78, 5) is 24.3. The Morgan fingerprint density at radius 2 is 1.50 bits per heavy atom. The van der Waals surface area contributed by atoms with E-state index in [1.807, 2.05) is 0 Å². The summed E-state index contributed by atoms with van der Waals surface area (Å²) in [6.07, 6.45) is 1.15. The Hall–Kier alpha value is -2.47. The first-order chi connectivity index (χ1) is 11.1. The van der Waals surface area contributed by atoms with Gasteiger partial charge in [0.15, 0.2) is 15.4 Å². The molecular formula is C18H16O5S. The average Bonchev–Trinajstić information content (AvgIpc) is 2.51. The van der Waals surface area contributed by atoms with Gasteiger partial charge in [0.05, 0.1) is 10.5 Å². The van der Waals surface area contributed by atoms with Crippen molar-refractivity contribution < 1.29 is 22.7 Å². The highest BCUT2D eigenvalue weighted by Gasteiger charge is 2.41. The lowest BCUT2D eigenvalue weighted by molar-refractivity contribution is -0.128. The van der Waals surface area contributed by atoms with Crippen LogP contribution in [0.25, 0.3) is 11.1 Å². The van der Waals surface area contributed by atoms with E-state index in [-0.39, 0.29) is 10.5 Å². The zero-order chi connectivity index (χ0) is 17.7. The summed E-state index contributed by atoms with van der Waals surface area (Å²) in [6.45, 7) is 3.12. The molecule has 124 valence electrons. The molecule has 0 bridgehead atoms. The SMILES string of the molecule is CC1(C)Oc2cc(-c3ccc(S(C)(=O)=O)cc3)ccc2C(=O)C1=O. The second kappa shape index (κ2) is 5.27. The molecule has 0 aliphatic carbocycles. The quantitative estimate of drug-likeness (QED) is 0.783. The van der Waals surface area contributed by atoms with E-state index in [0.717, 1.165) is 17.4 Å². The minimum Gasteiger partial charge on any atom is -0.479 e. The number of fused-ring (bicyclic) bond motifs is 1. The first-order valence-corrected chi connectivity index (χ1v) is 9.21. The van der Waals surface area contributed by atoms with Gasteiger partial charge < -0.3 is 4.74 Å². The third-order valence-corrected chi connectivity index (χ3v) is 5.09. The number of Topliss-reactive ketones (excluding diaryl/α,β-unsaturated/α-hetero) is 2. The Kier molecular flexibility index (Phi) is 3.60. The van der Waals surface area contributed by atoms with E-state index in [2.05, 4.69) is 0 Å². The number of ether oxygens (including phenoxy) is 1. The Morgan fingerprint density at radius 3 is 2.08 bits per heavy atom. The van der Waals surface area contributed by atoms with E-state index >= 15 is 0 Å². The lowest BCUT2D eigenvalue weighted by atomic mass is 9.90.